The first-order valence-electron chi connectivity index (χ1n) is 10.6. The van der Waals surface area contributed by atoms with Crippen LogP contribution in [0.25, 0.3) is 0 Å². The van der Waals surface area contributed by atoms with Crippen LogP contribution in [-0.4, -0.2) is 62.7 Å². The lowest BCUT2D eigenvalue weighted by atomic mass is 9.84. The molecule has 168 valence electrons. The molecule has 3 rings (SSSR count). The molecule has 6 nitrogen and oxygen atoms in total. The molecule has 0 radical (unpaired) electrons. The SMILES string of the molecule is CN=C(NCc1cccnc1N1CCN(C)CC1)NCC(C)(C)c1ccc(F)cc1Cl. The monoisotopic (exact) mass is 446 g/mol. The van der Waals surface area contributed by atoms with E-state index in [1.54, 1.807) is 13.1 Å². The number of piperazine rings is 1. The number of rotatable bonds is 6. The fraction of sp³-hybridized carbons (Fsp3) is 0.478. The molecule has 0 saturated carbocycles. The van der Waals surface area contributed by atoms with Crippen molar-refractivity contribution in [1.29, 1.82) is 0 Å². The number of aliphatic imine (C=N–C) groups is 1. The van der Waals surface area contributed by atoms with Crippen LogP contribution in [0.15, 0.2) is 41.5 Å². The van der Waals surface area contributed by atoms with Gasteiger partial charge in [-0.3, -0.25) is 4.99 Å². The quantitative estimate of drug-likeness (QED) is 0.527. The van der Waals surface area contributed by atoms with Crippen LogP contribution in [0.5, 0.6) is 0 Å². The van der Waals surface area contributed by atoms with Crippen LogP contribution >= 0.6 is 11.6 Å². The van der Waals surface area contributed by atoms with E-state index in [4.69, 9.17) is 11.6 Å². The van der Waals surface area contributed by atoms with Crippen molar-refractivity contribution < 1.29 is 4.39 Å². The molecule has 2 heterocycles. The standard InChI is InChI=1S/C23H32ClFN6/c1-23(2,19-8-7-18(25)14-20(19)24)16-29-22(26-3)28-15-17-6-5-9-27-21(17)31-12-10-30(4)11-13-31/h5-9,14H,10-13,15-16H2,1-4H3,(H2,26,28,29). The topological polar surface area (TPSA) is 55.8 Å². The van der Waals surface area contributed by atoms with Crippen LogP contribution in [0.2, 0.25) is 5.02 Å². The van der Waals surface area contributed by atoms with Crippen LogP contribution in [-0.2, 0) is 12.0 Å². The van der Waals surface area contributed by atoms with E-state index in [-0.39, 0.29) is 11.2 Å². The van der Waals surface area contributed by atoms with Crippen LogP contribution < -0.4 is 15.5 Å². The molecule has 1 fully saturated rings. The predicted octanol–water partition coefficient (Wildman–Crippen LogP) is 3.27. The molecular weight excluding hydrogens is 415 g/mol. The second-order valence-corrected chi connectivity index (χ2v) is 8.97. The molecular formula is C23H32ClFN6. The van der Waals surface area contributed by atoms with E-state index < -0.39 is 0 Å². The second-order valence-electron chi connectivity index (χ2n) is 8.56. The Morgan fingerprint density at radius 2 is 1.94 bits per heavy atom. The third kappa shape index (κ3) is 6.08. The minimum Gasteiger partial charge on any atom is -0.356 e. The van der Waals surface area contributed by atoms with Crippen molar-refractivity contribution in [3.8, 4) is 0 Å². The molecule has 8 heteroatoms. The zero-order valence-corrected chi connectivity index (χ0v) is 19.5. The van der Waals surface area contributed by atoms with Crippen molar-refractivity contribution in [2.45, 2.75) is 25.8 Å². The van der Waals surface area contributed by atoms with Gasteiger partial charge in [-0.25, -0.2) is 9.37 Å². The van der Waals surface area contributed by atoms with Gasteiger partial charge in [-0.15, -0.1) is 0 Å². The van der Waals surface area contributed by atoms with E-state index in [0.717, 1.165) is 43.1 Å². The molecule has 0 atom stereocenters. The smallest absolute Gasteiger partial charge is 0.191 e. The van der Waals surface area contributed by atoms with Crippen molar-refractivity contribution >= 4 is 23.4 Å². The summed E-state index contributed by atoms with van der Waals surface area (Å²) in [5, 5.41) is 7.19. The fourth-order valence-corrected chi connectivity index (χ4v) is 4.13. The van der Waals surface area contributed by atoms with Gasteiger partial charge >= 0.3 is 0 Å². The van der Waals surface area contributed by atoms with E-state index in [2.05, 4.69) is 57.4 Å². The average molecular weight is 447 g/mol. The number of aromatic nitrogens is 1. The van der Waals surface area contributed by atoms with Gasteiger partial charge in [0.15, 0.2) is 5.96 Å². The highest BCUT2D eigenvalue weighted by Crippen LogP contribution is 2.30. The van der Waals surface area contributed by atoms with Crippen molar-refractivity contribution in [2.75, 3.05) is 51.7 Å². The van der Waals surface area contributed by atoms with E-state index >= 15 is 0 Å². The van der Waals surface area contributed by atoms with Gasteiger partial charge in [-0.1, -0.05) is 37.6 Å². The van der Waals surface area contributed by atoms with Gasteiger partial charge < -0.3 is 20.4 Å². The molecule has 2 aromatic rings. The van der Waals surface area contributed by atoms with Crippen LogP contribution in [0.4, 0.5) is 10.2 Å². The lowest BCUT2D eigenvalue weighted by molar-refractivity contribution is 0.312. The number of hydrogen-bond donors (Lipinski definition) is 2. The zero-order chi connectivity index (χ0) is 22.4. The molecule has 1 aliphatic heterocycles. The van der Waals surface area contributed by atoms with Gasteiger partial charge in [-0.2, -0.15) is 0 Å². The molecule has 1 saturated heterocycles. The first kappa shape index (κ1) is 23.3. The van der Waals surface area contributed by atoms with Gasteiger partial charge in [0.05, 0.1) is 0 Å². The molecule has 1 aliphatic rings. The molecule has 0 unspecified atom stereocenters. The number of nitrogens with one attached hydrogen (secondary N) is 2. The second kappa shape index (κ2) is 10.3. The Morgan fingerprint density at radius 1 is 1.19 bits per heavy atom. The molecule has 1 aromatic heterocycles. The maximum atomic E-state index is 13.4. The fourth-order valence-electron chi connectivity index (χ4n) is 3.71. The largest absolute Gasteiger partial charge is 0.356 e. The summed E-state index contributed by atoms with van der Waals surface area (Å²) in [6.07, 6.45) is 1.85. The summed E-state index contributed by atoms with van der Waals surface area (Å²) >= 11 is 6.28. The van der Waals surface area contributed by atoms with Crippen LogP contribution in [0, 0.1) is 5.82 Å². The van der Waals surface area contributed by atoms with E-state index in [9.17, 15) is 4.39 Å². The first-order chi connectivity index (χ1) is 14.8. The average Bonchev–Trinajstić information content (AvgIpc) is 2.74. The van der Waals surface area contributed by atoms with Crippen molar-refractivity contribution in [3.05, 3.63) is 58.5 Å². The Labute approximate surface area is 189 Å². The zero-order valence-electron chi connectivity index (χ0n) is 18.8. The van der Waals surface area contributed by atoms with Gasteiger partial charge in [0, 0.05) is 68.5 Å². The Balaban J connectivity index is 1.61. The lowest BCUT2D eigenvalue weighted by Crippen LogP contribution is -2.46. The summed E-state index contributed by atoms with van der Waals surface area (Å²) in [6, 6.07) is 8.61. The predicted molar refractivity (Wildman–Crippen MR) is 127 cm³/mol. The van der Waals surface area contributed by atoms with Gasteiger partial charge in [0.1, 0.15) is 11.6 Å². The Kier molecular flexibility index (Phi) is 7.73. The van der Waals surface area contributed by atoms with Gasteiger partial charge in [0.25, 0.3) is 0 Å². The Hall–Kier alpha value is -2.38. The lowest BCUT2D eigenvalue weighted by Gasteiger charge is -2.34. The third-order valence-corrected chi connectivity index (χ3v) is 6.01. The Bertz CT molecular complexity index is 909. The molecule has 0 spiro atoms. The molecule has 2 N–H and O–H groups in total. The molecule has 1 aromatic carbocycles. The summed E-state index contributed by atoms with van der Waals surface area (Å²) in [7, 11) is 3.90. The normalized spacial score (nSPS) is 15.8. The first-order valence-corrected chi connectivity index (χ1v) is 11.0. The molecule has 31 heavy (non-hydrogen) atoms. The summed E-state index contributed by atoms with van der Waals surface area (Å²) in [4.78, 5) is 13.7. The van der Waals surface area contributed by atoms with Crippen molar-refractivity contribution in [2.24, 2.45) is 4.99 Å². The number of benzene rings is 1. The van der Waals surface area contributed by atoms with Crippen molar-refractivity contribution in [3.63, 3.8) is 0 Å². The molecule has 0 aliphatic carbocycles. The number of halogens is 2. The maximum Gasteiger partial charge on any atom is 0.191 e. The molecule has 0 amide bonds. The highest BCUT2D eigenvalue weighted by Gasteiger charge is 2.24. The number of nitrogens with zero attached hydrogens (tertiary/aromatic N) is 4. The summed E-state index contributed by atoms with van der Waals surface area (Å²) < 4.78 is 13.4. The maximum absolute atomic E-state index is 13.4. The van der Waals surface area contributed by atoms with Crippen LogP contribution in [0.1, 0.15) is 25.0 Å². The van der Waals surface area contributed by atoms with Gasteiger partial charge in [0.2, 0.25) is 0 Å². The highest BCUT2D eigenvalue weighted by molar-refractivity contribution is 6.31. The Morgan fingerprint density at radius 3 is 2.61 bits per heavy atom. The summed E-state index contributed by atoms with van der Waals surface area (Å²) in [5.74, 6) is 1.39. The number of likely N-dealkylation sites (N-methyl/N-ethyl adjacent to an activating group) is 1. The van der Waals surface area contributed by atoms with E-state index in [0.29, 0.717) is 24.1 Å². The minimum atomic E-state index is -0.331. The summed E-state index contributed by atoms with van der Waals surface area (Å²) in [6.45, 7) is 9.36. The van der Waals surface area contributed by atoms with Gasteiger partial charge in [-0.05, 0) is 30.8 Å². The minimum absolute atomic E-state index is 0.304. The van der Waals surface area contributed by atoms with Crippen molar-refractivity contribution in [1.82, 2.24) is 20.5 Å². The molecule has 0 bridgehead atoms. The van der Waals surface area contributed by atoms with E-state index in [1.807, 2.05) is 12.3 Å². The summed E-state index contributed by atoms with van der Waals surface area (Å²) in [5.41, 5.74) is 1.72. The highest BCUT2D eigenvalue weighted by atomic mass is 35.5. The number of hydrogen-bond acceptors (Lipinski definition) is 4. The number of anilines is 1. The third-order valence-electron chi connectivity index (χ3n) is 5.70. The number of guanidine groups is 1. The van der Waals surface area contributed by atoms with E-state index in [1.165, 1.54) is 12.1 Å². The number of pyridine rings is 1. The van der Waals surface area contributed by atoms with Crippen LogP contribution in [0.3, 0.4) is 0 Å².